The summed E-state index contributed by atoms with van der Waals surface area (Å²) in [7, 11) is 1.77. The molecular weight excluding hydrogens is 200 g/mol. The van der Waals surface area contributed by atoms with E-state index in [2.05, 4.69) is 5.32 Å². The number of fused-ring (bicyclic) bond motifs is 1. The molecule has 1 aromatic heterocycles. The van der Waals surface area contributed by atoms with Crippen molar-refractivity contribution < 1.29 is 13.2 Å². The van der Waals surface area contributed by atoms with Gasteiger partial charge in [0.2, 0.25) is 0 Å². The lowest BCUT2D eigenvalue weighted by atomic mass is 10.2. The van der Waals surface area contributed by atoms with Crippen LogP contribution in [-0.2, 0) is 0 Å². The Kier molecular flexibility index (Phi) is 2.44. The minimum atomic E-state index is -0.667. The lowest BCUT2D eigenvalue weighted by molar-refractivity contribution is 0.461. The third-order valence-electron chi connectivity index (χ3n) is 2.41. The number of rotatable bonds is 2. The molecule has 0 radical (unpaired) electrons. The highest BCUT2D eigenvalue weighted by atomic mass is 19.1. The third kappa shape index (κ3) is 1.72. The molecule has 4 heteroatoms. The summed E-state index contributed by atoms with van der Waals surface area (Å²) in [6, 6.07) is 3.69. The van der Waals surface area contributed by atoms with E-state index >= 15 is 0 Å². The smallest absolute Gasteiger partial charge is 0.170 e. The normalized spacial score (nSPS) is 13.3. The van der Waals surface area contributed by atoms with Crippen molar-refractivity contribution in [3.05, 3.63) is 35.6 Å². The Morgan fingerprint density at radius 1 is 1.27 bits per heavy atom. The largest absolute Gasteiger partial charge is 0.456 e. The van der Waals surface area contributed by atoms with Crippen LogP contribution in [0.4, 0.5) is 8.78 Å². The van der Waals surface area contributed by atoms with Crippen molar-refractivity contribution in [3.8, 4) is 0 Å². The van der Waals surface area contributed by atoms with E-state index in [1.807, 2.05) is 6.92 Å². The van der Waals surface area contributed by atoms with Crippen molar-refractivity contribution in [3.63, 3.8) is 0 Å². The highest BCUT2D eigenvalue weighted by molar-refractivity contribution is 5.78. The van der Waals surface area contributed by atoms with Crippen LogP contribution in [0.1, 0.15) is 18.7 Å². The first-order chi connectivity index (χ1) is 7.11. The van der Waals surface area contributed by atoms with Crippen LogP contribution in [0.25, 0.3) is 11.0 Å². The topological polar surface area (TPSA) is 25.2 Å². The molecule has 0 aliphatic rings. The maximum atomic E-state index is 13.3. The van der Waals surface area contributed by atoms with Crippen LogP contribution >= 0.6 is 0 Å². The van der Waals surface area contributed by atoms with Gasteiger partial charge in [-0.2, -0.15) is 0 Å². The van der Waals surface area contributed by atoms with E-state index in [-0.39, 0.29) is 11.6 Å². The Balaban J connectivity index is 2.60. The average molecular weight is 211 g/mol. The monoisotopic (exact) mass is 211 g/mol. The van der Waals surface area contributed by atoms with E-state index in [1.165, 1.54) is 6.07 Å². The molecule has 1 unspecified atom stereocenters. The molecule has 0 spiro atoms. The number of furan rings is 1. The zero-order valence-electron chi connectivity index (χ0n) is 8.47. The first-order valence-corrected chi connectivity index (χ1v) is 4.67. The zero-order chi connectivity index (χ0) is 11.0. The maximum Gasteiger partial charge on any atom is 0.170 e. The molecule has 0 bridgehead atoms. The van der Waals surface area contributed by atoms with Crippen LogP contribution in [0.2, 0.25) is 0 Å². The van der Waals surface area contributed by atoms with Gasteiger partial charge in [-0.25, -0.2) is 8.78 Å². The van der Waals surface area contributed by atoms with Crippen molar-refractivity contribution in [2.75, 3.05) is 7.05 Å². The molecule has 0 saturated heterocycles. The molecule has 2 rings (SSSR count). The summed E-state index contributed by atoms with van der Waals surface area (Å²) < 4.78 is 31.5. The van der Waals surface area contributed by atoms with Gasteiger partial charge in [0.15, 0.2) is 11.4 Å². The van der Waals surface area contributed by atoms with Crippen molar-refractivity contribution in [1.82, 2.24) is 5.32 Å². The average Bonchev–Trinajstić information content (AvgIpc) is 2.60. The predicted octanol–water partition coefficient (Wildman–Crippen LogP) is 2.99. The Hall–Kier alpha value is -1.42. The van der Waals surface area contributed by atoms with Gasteiger partial charge in [0, 0.05) is 11.5 Å². The summed E-state index contributed by atoms with van der Waals surface area (Å²) in [5, 5.41) is 3.42. The molecule has 1 heterocycles. The number of hydrogen-bond donors (Lipinski definition) is 1. The number of benzene rings is 1. The van der Waals surface area contributed by atoms with E-state index in [1.54, 1.807) is 13.1 Å². The molecular formula is C11H11F2NO. The van der Waals surface area contributed by atoms with Gasteiger partial charge in [-0.05, 0) is 26.1 Å². The molecule has 0 saturated carbocycles. The molecule has 15 heavy (non-hydrogen) atoms. The lowest BCUT2D eigenvalue weighted by Gasteiger charge is -2.04. The molecule has 1 atom stereocenters. The van der Waals surface area contributed by atoms with Gasteiger partial charge in [0.1, 0.15) is 11.6 Å². The van der Waals surface area contributed by atoms with E-state index in [9.17, 15) is 8.78 Å². The van der Waals surface area contributed by atoms with Crippen LogP contribution in [0.3, 0.4) is 0 Å². The molecule has 0 fully saturated rings. The molecule has 0 aliphatic carbocycles. The number of nitrogens with one attached hydrogen (secondary N) is 1. The van der Waals surface area contributed by atoms with E-state index < -0.39 is 11.6 Å². The Labute approximate surface area is 85.9 Å². The predicted molar refractivity (Wildman–Crippen MR) is 53.6 cm³/mol. The fourth-order valence-corrected chi connectivity index (χ4v) is 1.45. The van der Waals surface area contributed by atoms with Crippen molar-refractivity contribution in [2.24, 2.45) is 0 Å². The summed E-state index contributed by atoms with van der Waals surface area (Å²) in [6.07, 6.45) is 0. The van der Waals surface area contributed by atoms with E-state index in [4.69, 9.17) is 4.42 Å². The summed E-state index contributed by atoms with van der Waals surface area (Å²) >= 11 is 0. The first kappa shape index (κ1) is 10.1. The van der Waals surface area contributed by atoms with Gasteiger partial charge >= 0.3 is 0 Å². The fraction of sp³-hybridized carbons (Fsp3) is 0.273. The van der Waals surface area contributed by atoms with Crippen LogP contribution < -0.4 is 5.32 Å². The second kappa shape index (κ2) is 3.62. The second-order valence-electron chi connectivity index (χ2n) is 3.47. The number of hydrogen-bond acceptors (Lipinski definition) is 2. The van der Waals surface area contributed by atoms with Gasteiger partial charge in [0.25, 0.3) is 0 Å². The van der Waals surface area contributed by atoms with Crippen molar-refractivity contribution in [2.45, 2.75) is 13.0 Å². The standard InChI is InChI=1S/C11H11F2NO/c1-6(14-2)10-4-7-3-8(12)5-9(13)11(7)15-10/h3-6,14H,1-2H3. The van der Waals surface area contributed by atoms with Crippen LogP contribution in [0.5, 0.6) is 0 Å². The fourth-order valence-electron chi connectivity index (χ4n) is 1.45. The van der Waals surface area contributed by atoms with Gasteiger partial charge in [-0.15, -0.1) is 0 Å². The molecule has 1 aromatic carbocycles. The summed E-state index contributed by atoms with van der Waals surface area (Å²) in [5.41, 5.74) is 0.105. The molecule has 1 N–H and O–H groups in total. The van der Waals surface area contributed by atoms with Crippen LogP contribution in [0, 0.1) is 11.6 Å². The highest BCUT2D eigenvalue weighted by Crippen LogP contribution is 2.26. The lowest BCUT2D eigenvalue weighted by Crippen LogP contribution is -2.10. The quantitative estimate of drug-likeness (QED) is 0.826. The summed E-state index contributed by atoms with van der Waals surface area (Å²) in [6.45, 7) is 1.88. The minimum absolute atomic E-state index is 0.0279. The Morgan fingerprint density at radius 2 is 2.00 bits per heavy atom. The van der Waals surface area contributed by atoms with E-state index in [0.717, 1.165) is 6.07 Å². The van der Waals surface area contributed by atoms with Gasteiger partial charge in [0.05, 0.1) is 6.04 Å². The van der Waals surface area contributed by atoms with Gasteiger partial charge in [-0.3, -0.25) is 0 Å². The third-order valence-corrected chi connectivity index (χ3v) is 2.41. The summed E-state index contributed by atoms with van der Waals surface area (Å²) in [4.78, 5) is 0. The summed E-state index contributed by atoms with van der Waals surface area (Å²) in [5.74, 6) is -0.666. The minimum Gasteiger partial charge on any atom is -0.456 e. The van der Waals surface area contributed by atoms with Crippen molar-refractivity contribution >= 4 is 11.0 Å². The maximum absolute atomic E-state index is 13.3. The molecule has 2 aromatic rings. The molecule has 2 nitrogen and oxygen atoms in total. The zero-order valence-corrected chi connectivity index (χ0v) is 8.47. The van der Waals surface area contributed by atoms with Gasteiger partial charge < -0.3 is 9.73 Å². The SMILES string of the molecule is CNC(C)c1cc2cc(F)cc(F)c2o1. The second-order valence-corrected chi connectivity index (χ2v) is 3.47. The van der Waals surface area contributed by atoms with Crippen LogP contribution in [0.15, 0.2) is 22.6 Å². The van der Waals surface area contributed by atoms with E-state index in [0.29, 0.717) is 11.1 Å². The van der Waals surface area contributed by atoms with Gasteiger partial charge in [-0.1, -0.05) is 0 Å². The van der Waals surface area contributed by atoms with Crippen LogP contribution in [-0.4, -0.2) is 7.05 Å². The molecule has 0 amide bonds. The molecule has 80 valence electrons. The Bertz CT molecular complexity index is 493. The first-order valence-electron chi connectivity index (χ1n) is 4.67. The Morgan fingerprint density at radius 3 is 2.67 bits per heavy atom. The molecule has 0 aliphatic heterocycles. The van der Waals surface area contributed by atoms with Crippen molar-refractivity contribution in [1.29, 1.82) is 0 Å². The highest BCUT2D eigenvalue weighted by Gasteiger charge is 2.13. The number of halogens is 2.